The van der Waals surface area contributed by atoms with E-state index in [1.165, 1.54) is 15.6 Å². The van der Waals surface area contributed by atoms with Crippen LogP contribution in [-0.4, -0.2) is 36.7 Å². The van der Waals surface area contributed by atoms with Crippen molar-refractivity contribution in [1.82, 2.24) is 9.29 Å². The highest BCUT2D eigenvalue weighted by Gasteiger charge is 2.61. The van der Waals surface area contributed by atoms with E-state index >= 15 is 0 Å². The number of carbonyl (C=O) groups excluding carboxylic acids is 1. The van der Waals surface area contributed by atoms with Gasteiger partial charge in [-0.1, -0.05) is 17.7 Å². The topological polar surface area (TPSA) is 79.4 Å². The van der Waals surface area contributed by atoms with E-state index in [0.29, 0.717) is 23.1 Å². The van der Waals surface area contributed by atoms with Gasteiger partial charge in [0.1, 0.15) is 0 Å². The van der Waals surface area contributed by atoms with E-state index in [4.69, 9.17) is 0 Å². The van der Waals surface area contributed by atoms with E-state index in [1.54, 1.807) is 35.8 Å². The molecule has 1 amide bonds. The van der Waals surface area contributed by atoms with Crippen LogP contribution in [0.4, 0.5) is 5.13 Å². The van der Waals surface area contributed by atoms with Crippen molar-refractivity contribution in [1.29, 1.82) is 0 Å². The first-order chi connectivity index (χ1) is 11.5. The van der Waals surface area contributed by atoms with Gasteiger partial charge in [-0.2, -0.15) is 4.31 Å². The normalized spacial score (nSPS) is 26.1. The largest absolute Gasteiger partial charge is 0.302 e. The maximum Gasteiger partial charge on any atom is 0.243 e. The highest BCUT2D eigenvalue weighted by Crippen LogP contribution is 2.53. The first-order valence-corrected chi connectivity index (χ1v) is 10.1. The van der Waals surface area contributed by atoms with E-state index in [2.05, 4.69) is 10.3 Å². The molecule has 24 heavy (non-hydrogen) atoms. The number of anilines is 1. The minimum Gasteiger partial charge on any atom is -0.302 e. The number of carbonyl (C=O) groups is 1. The van der Waals surface area contributed by atoms with Crippen molar-refractivity contribution in [3.8, 4) is 0 Å². The second-order valence-electron chi connectivity index (χ2n) is 6.32. The number of aryl methyl sites for hydroxylation is 1. The minimum atomic E-state index is -3.47. The summed E-state index contributed by atoms with van der Waals surface area (Å²) < 4.78 is 26.8. The summed E-state index contributed by atoms with van der Waals surface area (Å²) in [7, 11) is -3.47. The number of rotatable bonds is 4. The number of nitrogens with zero attached hydrogens (tertiary/aromatic N) is 2. The number of hydrogen-bond donors (Lipinski definition) is 1. The molecule has 126 valence electrons. The molecule has 2 aromatic rings. The lowest BCUT2D eigenvalue weighted by molar-refractivity contribution is -0.118. The Morgan fingerprint density at radius 3 is 2.50 bits per heavy atom. The van der Waals surface area contributed by atoms with Gasteiger partial charge in [-0.05, 0) is 30.9 Å². The number of aromatic nitrogens is 1. The number of benzene rings is 1. The second-order valence-corrected chi connectivity index (χ2v) is 9.15. The number of amides is 1. The molecule has 6 nitrogen and oxygen atoms in total. The molecule has 3 atom stereocenters. The SMILES string of the molecule is Cc1ccc(S(=O)(=O)N2C[C@@H]3C(C(=O)Nc4nccs4)[C@@H]3C2)cc1. The fraction of sp³-hybridized carbons (Fsp3) is 0.375. The second kappa shape index (κ2) is 5.65. The van der Waals surface area contributed by atoms with Crippen LogP contribution < -0.4 is 5.32 Å². The highest BCUT2D eigenvalue weighted by molar-refractivity contribution is 7.89. The van der Waals surface area contributed by atoms with Gasteiger partial charge in [0.05, 0.1) is 4.90 Å². The summed E-state index contributed by atoms with van der Waals surface area (Å²) in [6.45, 7) is 2.75. The zero-order valence-corrected chi connectivity index (χ0v) is 14.7. The lowest BCUT2D eigenvalue weighted by Gasteiger charge is -2.19. The van der Waals surface area contributed by atoms with Crippen molar-refractivity contribution in [2.75, 3.05) is 18.4 Å². The Kier molecular flexibility index (Phi) is 3.70. The van der Waals surface area contributed by atoms with Gasteiger partial charge in [-0.3, -0.25) is 4.79 Å². The van der Waals surface area contributed by atoms with E-state index in [9.17, 15) is 13.2 Å². The van der Waals surface area contributed by atoms with Crippen LogP contribution in [0, 0.1) is 24.7 Å². The van der Waals surface area contributed by atoms with Gasteiger partial charge in [-0.25, -0.2) is 13.4 Å². The lowest BCUT2D eigenvalue weighted by atomic mass is 10.2. The molecule has 1 saturated heterocycles. The van der Waals surface area contributed by atoms with Gasteiger partial charge < -0.3 is 5.32 Å². The molecule has 1 unspecified atom stereocenters. The van der Waals surface area contributed by atoms with Crippen LogP contribution in [0.5, 0.6) is 0 Å². The van der Waals surface area contributed by atoms with Crippen molar-refractivity contribution in [3.63, 3.8) is 0 Å². The molecule has 2 heterocycles. The molecule has 0 radical (unpaired) electrons. The predicted octanol–water partition coefficient (Wildman–Crippen LogP) is 1.96. The maximum atomic E-state index is 12.7. The summed E-state index contributed by atoms with van der Waals surface area (Å²) in [5.74, 6) is 0.0843. The summed E-state index contributed by atoms with van der Waals surface area (Å²) in [6, 6.07) is 6.88. The molecular weight excluding hydrogens is 346 g/mol. The molecule has 1 saturated carbocycles. The Balaban J connectivity index is 1.41. The quantitative estimate of drug-likeness (QED) is 0.900. The lowest BCUT2D eigenvalue weighted by Crippen LogP contribution is -2.33. The molecule has 1 N–H and O–H groups in total. The standard InChI is InChI=1S/C16H17N3O3S2/c1-10-2-4-11(5-3-10)24(21,22)19-8-12-13(9-19)14(12)15(20)18-16-17-6-7-23-16/h2-7,12-14H,8-9H2,1H3,(H,17,18,20)/t12-,13+,14?. The highest BCUT2D eigenvalue weighted by atomic mass is 32.2. The van der Waals surface area contributed by atoms with E-state index in [1.807, 2.05) is 6.92 Å². The minimum absolute atomic E-state index is 0.0488. The number of nitrogens with one attached hydrogen (secondary N) is 1. The predicted molar refractivity (Wildman–Crippen MR) is 91.2 cm³/mol. The van der Waals surface area contributed by atoms with E-state index < -0.39 is 10.0 Å². The molecule has 1 aromatic heterocycles. The first-order valence-electron chi connectivity index (χ1n) is 7.74. The van der Waals surface area contributed by atoms with Gasteiger partial charge in [-0.15, -0.1) is 11.3 Å². The van der Waals surface area contributed by atoms with Crippen LogP contribution in [0.3, 0.4) is 0 Å². The molecule has 0 spiro atoms. The number of piperidine rings is 1. The average Bonchev–Trinajstić information content (AvgIpc) is 2.95. The van der Waals surface area contributed by atoms with Crippen molar-refractivity contribution in [2.24, 2.45) is 17.8 Å². The number of fused-ring (bicyclic) bond motifs is 1. The summed E-state index contributed by atoms with van der Waals surface area (Å²) in [4.78, 5) is 16.6. The summed E-state index contributed by atoms with van der Waals surface area (Å²) in [5, 5.41) is 5.20. The molecule has 8 heteroatoms. The van der Waals surface area contributed by atoms with Crippen molar-refractivity contribution in [3.05, 3.63) is 41.4 Å². The third kappa shape index (κ3) is 2.64. The Hall–Kier alpha value is -1.77. The zero-order chi connectivity index (χ0) is 16.9. The van der Waals surface area contributed by atoms with Crippen LogP contribution in [-0.2, 0) is 14.8 Å². The molecule has 0 bridgehead atoms. The Labute approximate surface area is 144 Å². The summed E-state index contributed by atoms with van der Waals surface area (Å²) >= 11 is 1.38. The van der Waals surface area contributed by atoms with Gasteiger partial charge in [0.25, 0.3) is 0 Å². The Morgan fingerprint density at radius 1 is 1.25 bits per heavy atom. The third-order valence-corrected chi connectivity index (χ3v) is 7.32. The van der Waals surface area contributed by atoms with Crippen LogP contribution in [0.15, 0.2) is 40.7 Å². The fourth-order valence-electron chi connectivity index (χ4n) is 3.41. The van der Waals surface area contributed by atoms with Crippen molar-refractivity contribution < 1.29 is 13.2 Å². The molecule has 1 aromatic carbocycles. The molecular formula is C16H17N3O3S2. The molecule has 2 aliphatic rings. The van der Waals surface area contributed by atoms with Crippen LogP contribution in [0.25, 0.3) is 0 Å². The molecule has 4 rings (SSSR count). The summed E-state index contributed by atoms with van der Waals surface area (Å²) in [6.07, 6.45) is 1.64. The summed E-state index contributed by atoms with van der Waals surface area (Å²) in [5.41, 5.74) is 1.03. The van der Waals surface area contributed by atoms with Gasteiger partial charge in [0.15, 0.2) is 5.13 Å². The van der Waals surface area contributed by atoms with Gasteiger partial charge in [0, 0.05) is 30.6 Å². The third-order valence-electron chi connectivity index (χ3n) is 4.78. The van der Waals surface area contributed by atoms with Crippen LogP contribution in [0.2, 0.25) is 0 Å². The smallest absolute Gasteiger partial charge is 0.243 e. The van der Waals surface area contributed by atoms with Gasteiger partial charge >= 0.3 is 0 Å². The molecule has 2 fully saturated rings. The van der Waals surface area contributed by atoms with Crippen LogP contribution in [0.1, 0.15) is 5.56 Å². The van der Waals surface area contributed by atoms with Crippen molar-refractivity contribution in [2.45, 2.75) is 11.8 Å². The Morgan fingerprint density at radius 2 is 1.92 bits per heavy atom. The Bertz CT molecular complexity index is 850. The maximum absolute atomic E-state index is 12.7. The number of thiazole rings is 1. The van der Waals surface area contributed by atoms with Crippen molar-refractivity contribution >= 4 is 32.4 Å². The number of sulfonamides is 1. The monoisotopic (exact) mass is 363 g/mol. The zero-order valence-electron chi connectivity index (χ0n) is 13.0. The fourth-order valence-corrected chi connectivity index (χ4v) is 5.45. The average molecular weight is 363 g/mol. The first kappa shape index (κ1) is 15.7. The van der Waals surface area contributed by atoms with E-state index in [-0.39, 0.29) is 23.7 Å². The van der Waals surface area contributed by atoms with Gasteiger partial charge in [0.2, 0.25) is 15.9 Å². The molecule has 1 aliphatic heterocycles. The molecule has 1 aliphatic carbocycles. The number of hydrogen-bond acceptors (Lipinski definition) is 5. The van der Waals surface area contributed by atoms with Crippen LogP contribution >= 0.6 is 11.3 Å². The van der Waals surface area contributed by atoms with E-state index in [0.717, 1.165) is 5.56 Å².